The van der Waals surface area contributed by atoms with E-state index >= 15 is 4.39 Å². The molecule has 38 heavy (non-hydrogen) atoms. The van der Waals surface area contributed by atoms with Gasteiger partial charge in [0.1, 0.15) is 12.1 Å². The van der Waals surface area contributed by atoms with E-state index in [1.54, 1.807) is 11.2 Å². The molecule has 2 aromatic rings. The highest BCUT2D eigenvalue weighted by atomic mass is 19.4. The number of hydrogen-bond donors (Lipinski definition) is 1. The molecule has 0 bridgehead atoms. The molecule has 1 aliphatic heterocycles. The lowest BCUT2D eigenvalue weighted by Crippen LogP contribution is -2.52. The lowest BCUT2D eigenvalue weighted by molar-refractivity contribution is -0.140. The van der Waals surface area contributed by atoms with Crippen molar-refractivity contribution in [1.82, 2.24) is 20.2 Å². The zero-order valence-electron chi connectivity index (χ0n) is 22.1. The quantitative estimate of drug-likeness (QED) is 0.500. The highest BCUT2D eigenvalue weighted by Crippen LogP contribution is 2.38. The van der Waals surface area contributed by atoms with E-state index in [1.165, 1.54) is 0 Å². The van der Waals surface area contributed by atoms with Crippen LogP contribution in [0.2, 0.25) is 0 Å². The Labute approximate surface area is 219 Å². The number of rotatable bonds is 7. The van der Waals surface area contributed by atoms with Crippen molar-refractivity contribution in [2.24, 2.45) is 0 Å². The summed E-state index contributed by atoms with van der Waals surface area (Å²) in [6, 6.07) is 1.39. The number of aryl methyl sites for hydroxylation is 1. The molecule has 208 valence electrons. The van der Waals surface area contributed by atoms with Gasteiger partial charge in [-0.2, -0.15) is 13.2 Å². The van der Waals surface area contributed by atoms with Gasteiger partial charge in [-0.25, -0.2) is 18.7 Å². The van der Waals surface area contributed by atoms with E-state index in [0.29, 0.717) is 44.6 Å². The molecule has 0 radical (unpaired) electrons. The smallest absolute Gasteiger partial charge is 0.353 e. The Morgan fingerprint density at radius 1 is 1.11 bits per heavy atom. The molecule has 1 aromatic heterocycles. The third-order valence-corrected chi connectivity index (χ3v) is 7.90. The molecule has 4 rings (SSSR count). The fourth-order valence-electron chi connectivity index (χ4n) is 5.12. The number of anilines is 1. The lowest BCUT2D eigenvalue weighted by Gasteiger charge is -2.38. The second kappa shape index (κ2) is 10.7. The van der Waals surface area contributed by atoms with Crippen molar-refractivity contribution in [2.75, 3.05) is 37.6 Å². The summed E-state index contributed by atoms with van der Waals surface area (Å²) in [5, 5.41) is 3.20. The average molecular weight is 540 g/mol. The van der Waals surface area contributed by atoms with E-state index in [1.807, 2.05) is 20.8 Å². The maximum Gasteiger partial charge on any atom is 0.419 e. The van der Waals surface area contributed by atoms with Gasteiger partial charge in [0.25, 0.3) is 0 Å². The third-order valence-electron chi connectivity index (χ3n) is 7.90. The lowest BCUT2D eigenvalue weighted by atomic mass is 9.92. The van der Waals surface area contributed by atoms with Gasteiger partial charge < -0.3 is 15.1 Å². The zero-order chi connectivity index (χ0) is 27.8. The molecule has 11 heteroatoms. The van der Waals surface area contributed by atoms with Gasteiger partial charge >= 0.3 is 6.18 Å². The van der Waals surface area contributed by atoms with Crippen LogP contribution < -0.4 is 10.2 Å². The van der Waals surface area contributed by atoms with E-state index in [0.717, 1.165) is 36.0 Å². The number of aromatic nitrogens is 2. The number of benzene rings is 1. The molecule has 2 heterocycles. The third kappa shape index (κ3) is 5.62. The number of nitrogens with zero attached hydrogens (tertiary/aromatic N) is 4. The molecule has 2 aliphatic rings. The minimum atomic E-state index is -5.04. The first-order valence-electron chi connectivity index (χ1n) is 13.0. The SMILES string of the molecule is CCC(C)(C)NC[C@@H](C(=O)N1CCN(c2ncnc3c2[C@H](C)CC3)CC1)c1ccc(C(F)(F)F)c(F)c1F. The predicted molar refractivity (Wildman–Crippen MR) is 134 cm³/mol. The topological polar surface area (TPSA) is 61.4 Å². The molecule has 0 spiro atoms. The van der Waals surface area contributed by atoms with E-state index in [4.69, 9.17) is 0 Å². The van der Waals surface area contributed by atoms with Gasteiger partial charge in [0, 0.05) is 55.1 Å². The number of alkyl halides is 3. The maximum atomic E-state index is 15.0. The number of piperazine rings is 1. The minimum Gasteiger partial charge on any atom is -0.353 e. The number of carbonyl (C=O) groups excluding carboxylic acids is 1. The van der Waals surface area contributed by atoms with Gasteiger partial charge in [-0.1, -0.05) is 19.9 Å². The standard InChI is InChI=1S/C27H34F5N5O/c1-5-26(3,4)35-14-18(17-7-8-19(27(30,31)32)23(29)22(17)28)25(38)37-12-10-36(11-13-37)24-21-16(2)6-9-20(21)33-15-34-24/h7-8,15-16,18,35H,5-6,9-14H2,1-4H3/t16-,18-/m1/s1. The second-order valence-electron chi connectivity index (χ2n) is 10.8. The van der Waals surface area contributed by atoms with E-state index in [9.17, 15) is 22.4 Å². The summed E-state index contributed by atoms with van der Waals surface area (Å²) in [4.78, 5) is 26.3. The largest absolute Gasteiger partial charge is 0.419 e. The summed E-state index contributed by atoms with van der Waals surface area (Å²) in [5.41, 5.74) is -0.303. The molecule has 1 aliphatic carbocycles. The summed E-state index contributed by atoms with van der Waals surface area (Å²) < 4.78 is 68.9. The van der Waals surface area contributed by atoms with Crippen molar-refractivity contribution in [3.05, 3.63) is 52.5 Å². The zero-order valence-corrected chi connectivity index (χ0v) is 22.1. The molecule has 1 fully saturated rings. The Morgan fingerprint density at radius 2 is 1.79 bits per heavy atom. The van der Waals surface area contributed by atoms with Crippen LogP contribution in [0.25, 0.3) is 0 Å². The second-order valence-corrected chi connectivity index (χ2v) is 10.8. The summed E-state index contributed by atoms with van der Waals surface area (Å²) in [7, 11) is 0. The molecule has 6 nitrogen and oxygen atoms in total. The first kappa shape index (κ1) is 28.2. The Morgan fingerprint density at radius 3 is 2.42 bits per heavy atom. The van der Waals surface area contributed by atoms with Gasteiger partial charge in [-0.05, 0) is 45.1 Å². The Balaban J connectivity index is 1.56. The summed E-state index contributed by atoms with van der Waals surface area (Å²) in [6.07, 6.45) is -0.874. The Bertz CT molecular complexity index is 1180. The molecule has 1 amide bonds. The average Bonchev–Trinajstić information content (AvgIpc) is 3.26. The number of amides is 1. The molecular formula is C27H34F5N5O. The van der Waals surface area contributed by atoms with E-state index in [2.05, 4.69) is 27.1 Å². The summed E-state index contributed by atoms with van der Waals surface area (Å²) >= 11 is 0. The van der Waals surface area contributed by atoms with Crippen LogP contribution in [0.15, 0.2) is 18.5 Å². The van der Waals surface area contributed by atoms with Crippen LogP contribution in [0, 0.1) is 11.6 Å². The van der Waals surface area contributed by atoms with Crippen LogP contribution in [0.3, 0.4) is 0 Å². The van der Waals surface area contributed by atoms with Crippen molar-refractivity contribution in [2.45, 2.75) is 70.5 Å². The van der Waals surface area contributed by atoms with Crippen LogP contribution >= 0.6 is 0 Å². The molecule has 2 atom stereocenters. The molecule has 1 N–H and O–H groups in total. The number of nitrogens with one attached hydrogen (secondary N) is 1. The summed E-state index contributed by atoms with van der Waals surface area (Å²) in [6.45, 7) is 9.47. The van der Waals surface area contributed by atoms with Crippen LogP contribution in [-0.4, -0.2) is 59.0 Å². The van der Waals surface area contributed by atoms with Crippen LogP contribution in [0.1, 0.15) is 74.8 Å². The molecular weight excluding hydrogens is 505 g/mol. The number of halogens is 5. The predicted octanol–water partition coefficient (Wildman–Crippen LogP) is 5.03. The molecule has 0 saturated carbocycles. The summed E-state index contributed by atoms with van der Waals surface area (Å²) in [5.74, 6) is -4.06. The number of carbonyl (C=O) groups is 1. The molecule has 0 unspecified atom stereocenters. The van der Waals surface area contributed by atoms with Gasteiger partial charge in [-0.3, -0.25) is 4.79 Å². The Kier molecular flexibility index (Phi) is 7.97. The molecule has 1 saturated heterocycles. The highest BCUT2D eigenvalue weighted by Gasteiger charge is 2.39. The minimum absolute atomic E-state index is 0.0431. The van der Waals surface area contributed by atoms with Crippen molar-refractivity contribution < 1.29 is 26.7 Å². The van der Waals surface area contributed by atoms with Crippen molar-refractivity contribution in [1.29, 1.82) is 0 Å². The van der Waals surface area contributed by atoms with Gasteiger partial charge in [0.2, 0.25) is 5.91 Å². The number of fused-ring (bicyclic) bond motifs is 1. The fourth-order valence-corrected chi connectivity index (χ4v) is 5.12. The van der Waals surface area contributed by atoms with Gasteiger partial charge in [0.05, 0.1) is 11.5 Å². The van der Waals surface area contributed by atoms with Crippen LogP contribution in [0.4, 0.5) is 27.8 Å². The van der Waals surface area contributed by atoms with Gasteiger partial charge in [-0.15, -0.1) is 0 Å². The van der Waals surface area contributed by atoms with E-state index < -0.39 is 40.7 Å². The molecule has 1 aromatic carbocycles. The van der Waals surface area contributed by atoms with Crippen molar-refractivity contribution in [3.63, 3.8) is 0 Å². The normalized spacial score (nSPS) is 19.0. The van der Waals surface area contributed by atoms with Crippen LogP contribution in [0.5, 0.6) is 0 Å². The monoisotopic (exact) mass is 539 g/mol. The first-order valence-corrected chi connectivity index (χ1v) is 13.0. The maximum absolute atomic E-state index is 15.0. The van der Waals surface area contributed by atoms with Crippen molar-refractivity contribution in [3.8, 4) is 0 Å². The van der Waals surface area contributed by atoms with Crippen molar-refractivity contribution >= 4 is 11.7 Å². The fraction of sp³-hybridized carbons (Fsp3) is 0.593. The van der Waals surface area contributed by atoms with Gasteiger partial charge in [0.15, 0.2) is 11.6 Å². The first-order chi connectivity index (χ1) is 17.8. The van der Waals surface area contributed by atoms with Crippen LogP contribution in [-0.2, 0) is 17.4 Å². The Hall–Kier alpha value is -2.82. The highest BCUT2D eigenvalue weighted by molar-refractivity contribution is 5.84. The number of hydrogen-bond acceptors (Lipinski definition) is 5. The van der Waals surface area contributed by atoms with E-state index in [-0.39, 0.29) is 12.1 Å².